The number of amides is 1. The lowest BCUT2D eigenvalue weighted by molar-refractivity contribution is 0.115. The average Bonchev–Trinajstić information content (AvgIpc) is 3.38. The third-order valence-corrected chi connectivity index (χ3v) is 8.24. The summed E-state index contributed by atoms with van der Waals surface area (Å²) in [4.78, 5) is 19.9. The van der Waals surface area contributed by atoms with Crippen molar-refractivity contribution in [1.29, 1.82) is 0 Å². The summed E-state index contributed by atoms with van der Waals surface area (Å²) in [5.74, 6) is 0. The minimum absolute atomic E-state index is 0. The van der Waals surface area contributed by atoms with Crippen LogP contribution in [0.5, 0.6) is 0 Å². The molecule has 2 atom stereocenters. The molecule has 8 heteroatoms. The number of halogens is 1. The molecular weight excluding hydrogens is 518 g/mol. The number of carbonyl (C=O) groups is 1. The lowest BCUT2D eigenvalue weighted by Gasteiger charge is -2.37. The second kappa shape index (κ2) is 14.0. The molecule has 0 radical (unpaired) electrons. The van der Waals surface area contributed by atoms with Gasteiger partial charge in [-0.25, -0.2) is 4.79 Å². The topological polar surface area (TPSA) is 77.2 Å². The predicted octanol–water partition coefficient (Wildman–Crippen LogP) is 5.86. The Morgan fingerprint density at radius 3 is 1.95 bits per heavy atom. The first kappa shape index (κ1) is 29.3. The van der Waals surface area contributed by atoms with Gasteiger partial charge in [0.1, 0.15) is 13.7 Å². The lowest BCUT2D eigenvalue weighted by atomic mass is 9.84. The van der Waals surface area contributed by atoms with Crippen LogP contribution in [0.25, 0.3) is 0 Å². The fourth-order valence-corrected chi connectivity index (χ4v) is 6.77. The molecule has 38 heavy (non-hydrogen) atoms. The molecule has 1 fully saturated rings. The van der Waals surface area contributed by atoms with Crippen molar-refractivity contribution in [3.63, 3.8) is 0 Å². The molecule has 1 saturated heterocycles. The van der Waals surface area contributed by atoms with Crippen molar-refractivity contribution in [2.24, 2.45) is 10.9 Å². The van der Waals surface area contributed by atoms with Crippen LogP contribution in [0.15, 0.2) is 109 Å². The SMILES string of the molecule is C=CCOC(=O)N1C[C@@H](SC(c2ccccc2)(c2ccccc2)c2ccccc2)C[C@H]1/C(CN)=N/OC.Cl. The van der Waals surface area contributed by atoms with Crippen molar-refractivity contribution in [3.05, 3.63) is 120 Å². The van der Waals surface area contributed by atoms with Gasteiger partial charge in [-0.1, -0.05) is 109 Å². The molecule has 0 bridgehead atoms. The van der Waals surface area contributed by atoms with Gasteiger partial charge in [0, 0.05) is 18.3 Å². The maximum absolute atomic E-state index is 13.1. The van der Waals surface area contributed by atoms with E-state index in [1.165, 1.54) is 23.8 Å². The Balaban J connectivity index is 0.00000400. The van der Waals surface area contributed by atoms with Crippen molar-refractivity contribution >= 4 is 36.0 Å². The van der Waals surface area contributed by atoms with Crippen LogP contribution in [-0.2, 0) is 14.3 Å². The smallest absolute Gasteiger partial charge is 0.410 e. The highest BCUT2D eigenvalue weighted by Gasteiger charge is 2.45. The summed E-state index contributed by atoms with van der Waals surface area (Å²) in [7, 11) is 1.49. The van der Waals surface area contributed by atoms with Crippen LogP contribution in [-0.4, -0.2) is 54.8 Å². The number of likely N-dealkylation sites (tertiary alicyclic amines) is 1. The fourth-order valence-electron chi connectivity index (χ4n) is 4.94. The first-order chi connectivity index (χ1) is 18.1. The number of nitrogens with two attached hydrogens (primary N) is 1. The number of rotatable bonds is 10. The summed E-state index contributed by atoms with van der Waals surface area (Å²) in [5.41, 5.74) is 10.2. The van der Waals surface area contributed by atoms with Crippen molar-refractivity contribution in [2.75, 3.05) is 26.8 Å². The molecule has 0 aromatic heterocycles. The Labute approximate surface area is 235 Å². The number of oxime groups is 1. The van der Waals surface area contributed by atoms with Gasteiger partial charge in [0.25, 0.3) is 0 Å². The van der Waals surface area contributed by atoms with E-state index < -0.39 is 10.8 Å². The number of thioether (sulfide) groups is 1. The Kier molecular flexibility index (Phi) is 10.8. The summed E-state index contributed by atoms with van der Waals surface area (Å²) in [6.07, 6.45) is 1.82. The Morgan fingerprint density at radius 1 is 1.03 bits per heavy atom. The monoisotopic (exact) mass is 551 g/mol. The van der Waals surface area contributed by atoms with Crippen LogP contribution in [0.3, 0.4) is 0 Å². The van der Waals surface area contributed by atoms with Gasteiger partial charge in [0.05, 0.1) is 16.5 Å². The van der Waals surface area contributed by atoms with Gasteiger partial charge in [0.15, 0.2) is 0 Å². The van der Waals surface area contributed by atoms with Crippen molar-refractivity contribution in [3.8, 4) is 0 Å². The highest BCUT2D eigenvalue weighted by molar-refractivity contribution is 8.01. The van der Waals surface area contributed by atoms with Gasteiger partial charge in [-0.3, -0.25) is 4.90 Å². The molecule has 1 aliphatic rings. The molecule has 200 valence electrons. The number of carbonyl (C=O) groups excluding carboxylic acids is 1. The van der Waals surface area contributed by atoms with Gasteiger partial charge >= 0.3 is 6.09 Å². The molecule has 6 nitrogen and oxygen atoms in total. The number of hydrogen-bond acceptors (Lipinski definition) is 6. The summed E-state index contributed by atoms with van der Waals surface area (Å²) in [6, 6.07) is 31.3. The maximum atomic E-state index is 13.1. The van der Waals surface area contributed by atoms with Gasteiger partial charge in [0.2, 0.25) is 0 Å². The van der Waals surface area contributed by atoms with E-state index >= 15 is 0 Å². The number of benzene rings is 3. The van der Waals surface area contributed by atoms with E-state index in [9.17, 15) is 4.79 Å². The molecule has 0 unspecified atom stereocenters. The van der Waals surface area contributed by atoms with Gasteiger partial charge < -0.3 is 15.3 Å². The second-order valence-electron chi connectivity index (χ2n) is 8.76. The van der Waals surface area contributed by atoms with Gasteiger partial charge in [-0.15, -0.1) is 24.2 Å². The maximum Gasteiger partial charge on any atom is 0.410 e. The molecule has 3 aromatic rings. The molecule has 1 heterocycles. The molecule has 1 aliphatic heterocycles. The number of nitrogens with zero attached hydrogens (tertiary/aromatic N) is 2. The normalized spacial score (nSPS) is 17.4. The Hall–Kier alpha value is -3.26. The van der Waals surface area contributed by atoms with Crippen LogP contribution < -0.4 is 5.73 Å². The first-order valence-corrected chi connectivity index (χ1v) is 13.2. The third-order valence-electron chi connectivity index (χ3n) is 6.51. The van der Waals surface area contributed by atoms with E-state index in [1.54, 1.807) is 11.0 Å². The minimum atomic E-state index is -0.499. The van der Waals surface area contributed by atoms with Crippen LogP contribution in [0, 0.1) is 0 Å². The largest absolute Gasteiger partial charge is 0.445 e. The van der Waals surface area contributed by atoms with E-state index in [1.807, 2.05) is 30.0 Å². The molecule has 0 aliphatic carbocycles. The highest BCUT2D eigenvalue weighted by Crippen LogP contribution is 2.52. The van der Waals surface area contributed by atoms with Gasteiger partial charge in [-0.2, -0.15) is 0 Å². The highest BCUT2D eigenvalue weighted by atomic mass is 35.5. The second-order valence-corrected chi connectivity index (χ2v) is 10.3. The fraction of sp³-hybridized carbons (Fsp3) is 0.267. The molecule has 4 rings (SSSR count). The lowest BCUT2D eigenvalue weighted by Crippen LogP contribution is -2.43. The summed E-state index contributed by atoms with van der Waals surface area (Å²) in [5, 5.41) is 4.22. The van der Waals surface area contributed by atoms with E-state index in [-0.39, 0.29) is 36.9 Å². The molecule has 0 spiro atoms. The number of ether oxygens (including phenoxy) is 1. The summed E-state index contributed by atoms with van der Waals surface area (Å²) >= 11 is 1.85. The molecule has 1 amide bonds. The molecule has 0 saturated carbocycles. The molecule has 3 aromatic carbocycles. The van der Waals surface area contributed by atoms with Crippen LogP contribution in [0.2, 0.25) is 0 Å². The van der Waals surface area contributed by atoms with E-state index in [4.69, 9.17) is 15.3 Å². The van der Waals surface area contributed by atoms with Crippen LogP contribution in [0.1, 0.15) is 23.1 Å². The number of hydrogen-bond donors (Lipinski definition) is 1. The van der Waals surface area contributed by atoms with E-state index in [2.05, 4.69) is 84.5 Å². The standard InChI is InChI=1S/C30H33N3O3S.ClH/c1-3-19-36-29(34)33-22-26(20-28(33)27(21-31)32-35-2)37-30(23-13-7-4-8-14-23,24-15-9-5-10-16-24)25-17-11-6-12-18-25;/h3-18,26,28H,1,19-22,31H2,2H3;1H/b32-27+;/t26-,28-;/m0./s1. The quantitative estimate of drug-likeness (QED) is 0.148. The zero-order valence-electron chi connectivity index (χ0n) is 21.4. The minimum Gasteiger partial charge on any atom is -0.445 e. The van der Waals surface area contributed by atoms with E-state index in [0.717, 1.165) is 0 Å². The summed E-state index contributed by atoms with van der Waals surface area (Å²) in [6.45, 7) is 4.47. The molecular formula is C30H34ClN3O3S. The molecule has 2 N–H and O–H groups in total. The Morgan fingerprint density at radius 2 is 1.53 bits per heavy atom. The van der Waals surface area contributed by atoms with Crippen molar-refractivity contribution in [2.45, 2.75) is 22.5 Å². The van der Waals surface area contributed by atoms with Crippen molar-refractivity contribution in [1.82, 2.24) is 4.90 Å². The van der Waals surface area contributed by atoms with Crippen LogP contribution >= 0.6 is 24.2 Å². The third kappa shape index (κ3) is 6.23. The van der Waals surface area contributed by atoms with Gasteiger partial charge in [-0.05, 0) is 23.1 Å². The average molecular weight is 552 g/mol. The first-order valence-electron chi connectivity index (χ1n) is 12.3. The summed E-state index contributed by atoms with van der Waals surface area (Å²) < 4.78 is 4.93. The van der Waals surface area contributed by atoms with E-state index in [0.29, 0.717) is 18.7 Å². The van der Waals surface area contributed by atoms with Crippen LogP contribution in [0.4, 0.5) is 4.79 Å². The predicted molar refractivity (Wildman–Crippen MR) is 158 cm³/mol. The van der Waals surface area contributed by atoms with Crippen molar-refractivity contribution < 1.29 is 14.4 Å². The Bertz CT molecular complexity index is 1100. The zero-order valence-corrected chi connectivity index (χ0v) is 23.1. The zero-order chi connectivity index (χ0) is 26.1.